The molecule has 1 N–H and O–H groups in total. The van der Waals surface area contributed by atoms with E-state index in [1.807, 2.05) is 54.3 Å². The van der Waals surface area contributed by atoms with Crippen LogP contribution >= 0.6 is 23.4 Å². The minimum Gasteiger partial charge on any atom is -0.457 e. The molecular weight excluding hydrogens is 437 g/mol. The highest BCUT2D eigenvalue weighted by molar-refractivity contribution is 7.98. The van der Waals surface area contributed by atoms with Crippen LogP contribution in [0.2, 0.25) is 5.02 Å². The standard InChI is InChI=1S/C23H23ClFN3O2S/c1-15-10-20(6-7-21(15)24)30-19-4-2-16(3-5-19)14-31-23-26-11-17(22(29)27-23)12-28-9-8-18(25)13-28/h2-7,10-11,18H,8-9,12-14H2,1H3,(H,26,27,29)/t18-/m0/s1. The number of hydrogen-bond donors (Lipinski definition) is 1. The molecule has 0 saturated carbocycles. The zero-order valence-electron chi connectivity index (χ0n) is 17.1. The number of likely N-dealkylation sites (tertiary alicyclic amines) is 1. The number of nitrogens with one attached hydrogen (secondary N) is 1. The third-order valence-electron chi connectivity index (χ3n) is 5.12. The summed E-state index contributed by atoms with van der Waals surface area (Å²) in [7, 11) is 0. The lowest BCUT2D eigenvalue weighted by atomic mass is 10.2. The van der Waals surface area contributed by atoms with Gasteiger partial charge < -0.3 is 9.72 Å². The first-order valence-corrected chi connectivity index (χ1v) is 11.4. The van der Waals surface area contributed by atoms with Crippen molar-refractivity contribution in [2.75, 3.05) is 13.1 Å². The molecule has 5 nitrogen and oxygen atoms in total. The molecule has 4 rings (SSSR count). The Morgan fingerprint density at radius 2 is 2.03 bits per heavy atom. The summed E-state index contributed by atoms with van der Waals surface area (Å²) in [6.07, 6.45) is 1.33. The van der Waals surface area contributed by atoms with E-state index in [1.165, 1.54) is 11.8 Å². The molecule has 0 bridgehead atoms. The van der Waals surface area contributed by atoms with Crippen LogP contribution in [0.4, 0.5) is 4.39 Å². The van der Waals surface area contributed by atoms with E-state index in [9.17, 15) is 9.18 Å². The molecule has 0 amide bonds. The minimum absolute atomic E-state index is 0.165. The van der Waals surface area contributed by atoms with Crippen molar-refractivity contribution in [3.63, 3.8) is 0 Å². The second kappa shape index (κ2) is 9.85. The van der Waals surface area contributed by atoms with Gasteiger partial charge in [-0.2, -0.15) is 0 Å². The number of halogens is 2. The Kier molecular flexibility index (Phi) is 6.95. The van der Waals surface area contributed by atoms with E-state index in [1.54, 1.807) is 6.20 Å². The van der Waals surface area contributed by atoms with Gasteiger partial charge in [0, 0.05) is 42.2 Å². The predicted molar refractivity (Wildman–Crippen MR) is 122 cm³/mol. The van der Waals surface area contributed by atoms with Gasteiger partial charge in [0.15, 0.2) is 5.16 Å². The van der Waals surface area contributed by atoms with Gasteiger partial charge in [0.1, 0.15) is 17.7 Å². The van der Waals surface area contributed by atoms with Gasteiger partial charge in [-0.3, -0.25) is 9.69 Å². The first-order chi connectivity index (χ1) is 15.0. The Morgan fingerprint density at radius 3 is 2.71 bits per heavy atom. The van der Waals surface area contributed by atoms with Crippen LogP contribution in [-0.2, 0) is 12.3 Å². The molecule has 3 aromatic rings. The molecule has 162 valence electrons. The van der Waals surface area contributed by atoms with Gasteiger partial charge in [0.25, 0.3) is 5.56 Å². The molecule has 1 aromatic heterocycles. The van der Waals surface area contributed by atoms with Crippen molar-refractivity contribution < 1.29 is 9.13 Å². The predicted octanol–water partition coefficient (Wildman–Crippen LogP) is 5.36. The number of aryl methyl sites for hydroxylation is 1. The van der Waals surface area contributed by atoms with Crippen molar-refractivity contribution in [3.8, 4) is 11.5 Å². The van der Waals surface area contributed by atoms with Crippen LogP contribution in [0, 0.1) is 6.92 Å². The van der Waals surface area contributed by atoms with Crippen LogP contribution in [0.1, 0.15) is 23.1 Å². The summed E-state index contributed by atoms with van der Waals surface area (Å²) >= 11 is 7.51. The van der Waals surface area contributed by atoms with Crippen LogP contribution in [0.5, 0.6) is 11.5 Å². The minimum atomic E-state index is -0.797. The third-order valence-corrected chi connectivity index (χ3v) is 6.51. The summed E-state index contributed by atoms with van der Waals surface area (Å²) in [6.45, 7) is 3.43. The number of nitrogens with zero attached hydrogens (tertiary/aromatic N) is 2. The fourth-order valence-corrected chi connectivity index (χ4v) is 4.29. The zero-order valence-corrected chi connectivity index (χ0v) is 18.7. The van der Waals surface area contributed by atoms with Crippen molar-refractivity contribution in [1.29, 1.82) is 0 Å². The topological polar surface area (TPSA) is 58.2 Å². The molecule has 0 unspecified atom stereocenters. The van der Waals surface area contributed by atoms with E-state index in [4.69, 9.17) is 16.3 Å². The normalized spacial score (nSPS) is 16.5. The van der Waals surface area contributed by atoms with E-state index >= 15 is 0 Å². The van der Waals surface area contributed by atoms with Gasteiger partial charge >= 0.3 is 0 Å². The van der Waals surface area contributed by atoms with Crippen LogP contribution in [0.3, 0.4) is 0 Å². The highest BCUT2D eigenvalue weighted by Crippen LogP contribution is 2.27. The number of benzene rings is 2. The fourth-order valence-electron chi connectivity index (χ4n) is 3.38. The number of aromatic amines is 1. The second-order valence-corrected chi connectivity index (χ2v) is 8.98. The second-order valence-electron chi connectivity index (χ2n) is 7.61. The van der Waals surface area contributed by atoms with E-state index < -0.39 is 6.17 Å². The van der Waals surface area contributed by atoms with Gasteiger partial charge in [-0.1, -0.05) is 35.5 Å². The van der Waals surface area contributed by atoms with Gasteiger partial charge in [-0.25, -0.2) is 9.37 Å². The largest absolute Gasteiger partial charge is 0.457 e. The van der Waals surface area contributed by atoms with E-state index in [2.05, 4.69) is 9.97 Å². The van der Waals surface area contributed by atoms with E-state index in [0.717, 1.165) is 22.6 Å². The molecule has 1 saturated heterocycles. The summed E-state index contributed by atoms with van der Waals surface area (Å²) < 4.78 is 19.2. The quantitative estimate of drug-likeness (QED) is 0.380. The first kappa shape index (κ1) is 21.9. The molecule has 2 heterocycles. The summed E-state index contributed by atoms with van der Waals surface area (Å²) in [5.41, 5.74) is 2.45. The monoisotopic (exact) mass is 459 g/mol. The average Bonchev–Trinajstić information content (AvgIpc) is 3.17. The highest BCUT2D eigenvalue weighted by atomic mass is 35.5. The number of ether oxygens (including phenoxy) is 1. The fraction of sp³-hybridized carbons (Fsp3) is 0.304. The number of thioether (sulfide) groups is 1. The maximum absolute atomic E-state index is 13.3. The number of rotatable bonds is 7. The lowest BCUT2D eigenvalue weighted by Crippen LogP contribution is -2.25. The zero-order chi connectivity index (χ0) is 21.8. The molecule has 2 aromatic carbocycles. The van der Waals surface area contributed by atoms with Crippen molar-refractivity contribution in [1.82, 2.24) is 14.9 Å². The van der Waals surface area contributed by atoms with Gasteiger partial charge in [0.2, 0.25) is 0 Å². The van der Waals surface area contributed by atoms with Crippen LogP contribution < -0.4 is 10.3 Å². The average molecular weight is 460 g/mol. The Labute approximate surface area is 189 Å². The molecule has 1 aliphatic rings. The molecule has 31 heavy (non-hydrogen) atoms. The Balaban J connectivity index is 1.32. The van der Waals surface area contributed by atoms with Crippen molar-refractivity contribution in [3.05, 3.63) is 80.7 Å². The summed E-state index contributed by atoms with van der Waals surface area (Å²) in [5, 5.41) is 1.28. The smallest absolute Gasteiger partial charge is 0.256 e. The van der Waals surface area contributed by atoms with Crippen LogP contribution in [0.25, 0.3) is 0 Å². The highest BCUT2D eigenvalue weighted by Gasteiger charge is 2.22. The molecule has 0 spiro atoms. The maximum Gasteiger partial charge on any atom is 0.256 e. The molecule has 8 heteroatoms. The summed E-state index contributed by atoms with van der Waals surface area (Å²) in [4.78, 5) is 21.5. The summed E-state index contributed by atoms with van der Waals surface area (Å²) in [5.74, 6) is 2.14. The molecule has 1 fully saturated rings. The Bertz CT molecular complexity index is 1110. The first-order valence-electron chi connectivity index (χ1n) is 10.1. The van der Waals surface area contributed by atoms with Gasteiger partial charge in [-0.15, -0.1) is 0 Å². The lowest BCUT2D eigenvalue weighted by Gasteiger charge is -2.13. The Hall–Kier alpha value is -2.35. The maximum atomic E-state index is 13.3. The number of aromatic nitrogens is 2. The van der Waals surface area contributed by atoms with Gasteiger partial charge in [-0.05, 0) is 54.8 Å². The molecule has 0 radical (unpaired) electrons. The molecular formula is C23H23ClFN3O2S. The van der Waals surface area contributed by atoms with E-state index in [-0.39, 0.29) is 5.56 Å². The molecule has 1 aliphatic heterocycles. The van der Waals surface area contributed by atoms with Crippen molar-refractivity contribution in [2.45, 2.75) is 37.0 Å². The summed E-state index contributed by atoms with van der Waals surface area (Å²) in [6, 6.07) is 13.3. The van der Waals surface area contributed by atoms with Crippen molar-refractivity contribution >= 4 is 23.4 Å². The SMILES string of the molecule is Cc1cc(Oc2ccc(CSc3ncc(CN4CC[C@H](F)C4)c(=O)[nH]3)cc2)ccc1Cl. The Morgan fingerprint density at radius 1 is 1.26 bits per heavy atom. The molecule has 0 aliphatic carbocycles. The number of alkyl halides is 1. The number of H-pyrrole nitrogens is 1. The molecule has 1 atom stereocenters. The van der Waals surface area contributed by atoms with Crippen LogP contribution in [0.15, 0.2) is 58.6 Å². The van der Waals surface area contributed by atoms with Gasteiger partial charge in [0.05, 0.1) is 0 Å². The van der Waals surface area contributed by atoms with Crippen molar-refractivity contribution in [2.24, 2.45) is 0 Å². The third kappa shape index (κ3) is 5.87. The van der Waals surface area contributed by atoms with Crippen LogP contribution in [-0.4, -0.2) is 34.1 Å². The number of hydrogen-bond acceptors (Lipinski definition) is 5. The van der Waals surface area contributed by atoms with E-state index in [0.29, 0.717) is 47.6 Å². The lowest BCUT2D eigenvalue weighted by molar-refractivity contribution is 0.281.